The molecule has 3 nitrogen and oxygen atoms in total. The Labute approximate surface area is 109 Å². The van der Waals surface area contributed by atoms with E-state index in [1.165, 1.54) is 12.8 Å². The second kappa shape index (κ2) is 5.65. The van der Waals surface area contributed by atoms with Gasteiger partial charge >= 0.3 is 0 Å². The molecule has 1 aromatic carbocycles. The van der Waals surface area contributed by atoms with Crippen molar-refractivity contribution in [1.29, 1.82) is 0 Å². The molecule has 92 valence electrons. The van der Waals surface area contributed by atoms with Gasteiger partial charge < -0.3 is 9.47 Å². The van der Waals surface area contributed by atoms with Gasteiger partial charge in [0, 0.05) is 5.56 Å². The van der Waals surface area contributed by atoms with Crippen LogP contribution in [-0.2, 0) is 4.74 Å². The SMILES string of the molecule is COc1ccc(C(=O)COCC2CC2)cc1Br. The second-order valence-corrected chi connectivity index (χ2v) is 5.09. The van der Waals surface area contributed by atoms with Gasteiger partial charge in [-0.3, -0.25) is 4.79 Å². The highest BCUT2D eigenvalue weighted by Gasteiger charge is 2.21. The van der Waals surface area contributed by atoms with Crippen molar-refractivity contribution >= 4 is 21.7 Å². The van der Waals surface area contributed by atoms with Gasteiger partial charge in [-0.1, -0.05) is 0 Å². The van der Waals surface area contributed by atoms with E-state index in [0.717, 1.165) is 10.2 Å². The molecule has 1 aliphatic rings. The fraction of sp³-hybridized carbons (Fsp3) is 0.462. The van der Waals surface area contributed by atoms with Gasteiger partial charge in [0.2, 0.25) is 0 Å². The Balaban J connectivity index is 1.90. The van der Waals surface area contributed by atoms with Crippen LogP contribution < -0.4 is 4.74 Å². The molecule has 1 fully saturated rings. The number of Topliss-reactive ketones (excluding diaryl/α,β-unsaturated/α-hetero) is 1. The van der Waals surface area contributed by atoms with Crippen molar-refractivity contribution in [2.24, 2.45) is 5.92 Å². The molecule has 0 amide bonds. The maximum atomic E-state index is 11.8. The fourth-order valence-electron chi connectivity index (χ4n) is 1.53. The number of ether oxygens (including phenoxy) is 2. The number of hydrogen-bond acceptors (Lipinski definition) is 3. The zero-order chi connectivity index (χ0) is 12.3. The lowest BCUT2D eigenvalue weighted by atomic mass is 10.1. The molecular formula is C13H15BrO3. The van der Waals surface area contributed by atoms with Crippen molar-refractivity contribution in [1.82, 2.24) is 0 Å². The first-order valence-corrected chi connectivity index (χ1v) is 6.44. The molecule has 1 aromatic rings. The zero-order valence-corrected chi connectivity index (χ0v) is 11.3. The van der Waals surface area contributed by atoms with Crippen LogP contribution in [0.5, 0.6) is 5.75 Å². The number of hydrogen-bond donors (Lipinski definition) is 0. The molecule has 0 radical (unpaired) electrons. The van der Waals surface area contributed by atoms with Crippen LogP contribution >= 0.6 is 15.9 Å². The molecule has 0 atom stereocenters. The van der Waals surface area contributed by atoms with Gasteiger partial charge in [0.15, 0.2) is 5.78 Å². The minimum Gasteiger partial charge on any atom is -0.496 e. The van der Waals surface area contributed by atoms with Gasteiger partial charge in [0.1, 0.15) is 12.4 Å². The fourth-order valence-corrected chi connectivity index (χ4v) is 2.07. The molecule has 0 spiro atoms. The molecular weight excluding hydrogens is 284 g/mol. The van der Waals surface area contributed by atoms with E-state index < -0.39 is 0 Å². The summed E-state index contributed by atoms with van der Waals surface area (Å²) in [6.45, 7) is 0.873. The van der Waals surface area contributed by atoms with Crippen LogP contribution in [0.15, 0.2) is 22.7 Å². The summed E-state index contributed by atoms with van der Waals surface area (Å²) in [5.74, 6) is 1.42. The van der Waals surface area contributed by atoms with E-state index in [1.54, 1.807) is 25.3 Å². The highest BCUT2D eigenvalue weighted by atomic mass is 79.9. The van der Waals surface area contributed by atoms with Crippen LogP contribution in [0.3, 0.4) is 0 Å². The Morgan fingerprint density at radius 2 is 2.24 bits per heavy atom. The smallest absolute Gasteiger partial charge is 0.188 e. The number of carbonyl (C=O) groups is 1. The maximum Gasteiger partial charge on any atom is 0.188 e. The Hall–Kier alpha value is -0.870. The zero-order valence-electron chi connectivity index (χ0n) is 9.74. The molecule has 0 N–H and O–H groups in total. The lowest BCUT2D eigenvalue weighted by molar-refractivity contribution is 0.0740. The topological polar surface area (TPSA) is 35.5 Å². The molecule has 0 aromatic heterocycles. The molecule has 1 saturated carbocycles. The third-order valence-electron chi connectivity index (χ3n) is 2.76. The number of halogens is 1. The van der Waals surface area contributed by atoms with E-state index in [0.29, 0.717) is 18.1 Å². The summed E-state index contributed by atoms with van der Waals surface area (Å²) in [5.41, 5.74) is 0.647. The standard InChI is InChI=1S/C13H15BrO3/c1-16-13-5-4-10(6-11(13)14)12(15)8-17-7-9-2-3-9/h4-6,9H,2-3,7-8H2,1H3. The lowest BCUT2D eigenvalue weighted by Gasteiger charge is -2.06. The third-order valence-corrected chi connectivity index (χ3v) is 3.38. The van der Waals surface area contributed by atoms with Gasteiger partial charge in [-0.25, -0.2) is 0 Å². The second-order valence-electron chi connectivity index (χ2n) is 4.23. The van der Waals surface area contributed by atoms with Crippen LogP contribution in [-0.4, -0.2) is 26.1 Å². The van der Waals surface area contributed by atoms with Gasteiger partial charge in [-0.15, -0.1) is 0 Å². The van der Waals surface area contributed by atoms with Crippen molar-refractivity contribution in [2.75, 3.05) is 20.3 Å². The van der Waals surface area contributed by atoms with E-state index in [9.17, 15) is 4.79 Å². The minimum atomic E-state index is 0.00834. The number of benzene rings is 1. The average molecular weight is 299 g/mol. The summed E-state index contributed by atoms with van der Waals surface area (Å²) < 4.78 is 11.3. The van der Waals surface area contributed by atoms with Crippen LogP contribution in [0.1, 0.15) is 23.2 Å². The Bertz CT molecular complexity index is 413. The number of carbonyl (C=O) groups excluding carboxylic acids is 1. The molecule has 0 heterocycles. The minimum absolute atomic E-state index is 0.00834. The van der Waals surface area contributed by atoms with Crippen molar-refractivity contribution in [3.63, 3.8) is 0 Å². The summed E-state index contributed by atoms with van der Waals surface area (Å²) >= 11 is 3.36. The molecule has 1 aliphatic carbocycles. The van der Waals surface area contributed by atoms with Crippen molar-refractivity contribution in [2.45, 2.75) is 12.8 Å². The van der Waals surface area contributed by atoms with Gasteiger partial charge in [0.25, 0.3) is 0 Å². The first-order valence-electron chi connectivity index (χ1n) is 5.65. The van der Waals surface area contributed by atoms with Gasteiger partial charge in [0.05, 0.1) is 18.2 Å². The van der Waals surface area contributed by atoms with E-state index in [-0.39, 0.29) is 12.4 Å². The van der Waals surface area contributed by atoms with Crippen LogP contribution in [0.25, 0.3) is 0 Å². The Kier molecular flexibility index (Phi) is 4.18. The summed E-state index contributed by atoms with van der Waals surface area (Å²) in [5, 5.41) is 0. The molecule has 2 rings (SSSR count). The monoisotopic (exact) mass is 298 g/mol. The van der Waals surface area contributed by atoms with Crippen LogP contribution in [0, 0.1) is 5.92 Å². The average Bonchev–Trinajstić information content (AvgIpc) is 3.13. The van der Waals surface area contributed by atoms with E-state index in [1.807, 2.05) is 0 Å². The van der Waals surface area contributed by atoms with Crippen LogP contribution in [0.4, 0.5) is 0 Å². The highest BCUT2D eigenvalue weighted by molar-refractivity contribution is 9.10. The normalized spacial score (nSPS) is 14.7. The first kappa shape index (κ1) is 12.6. The summed E-state index contributed by atoms with van der Waals surface area (Å²) in [6.07, 6.45) is 2.48. The Morgan fingerprint density at radius 1 is 1.47 bits per heavy atom. The molecule has 17 heavy (non-hydrogen) atoms. The highest BCUT2D eigenvalue weighted by Crippen LogP contribution is 2.29. The summed E-state index contributed by atoms with van der Waals surface area (Å²) in [6, 6.07) is 5.30. The predicted octanol–water partition coefficient (Wildman–Crippen LogP) is 3.07. The van der Waals surface area contributed by atoms with Gasteiger partial charge in [-0.05, 0) is 52.9 Å². The molecule has 0 aliphatic heterocycles. The van der Waals surface area contributed by atoms with E-state index in [4.69, 9.17) is 9.47 Å². The Morgan fingerprint density at radius 3 is 2.82 bits per heavy atom. The summed E-state index contributed by atoms with van der Waals surface area (Å²) in [7, 11) is 1.60. The quantitative estimate of drug-likeness (QED) is 0.757. The summed E-state index contributed by atoms with van der Waals surface area (Å²) in [4.78, 5) is 11.8. The largest absolute Gasteiger partial charge is 0.496 e. The maximum absolute atomic E-state index is 11.8. The van der Waals surface area contributed by atoms with Crippen molar-refractivity contribution < 1.29 is 14.3 Å². The van der Waals surface area contributed by atoms with Gasteiger partial charge in [-0.2, -0.15) is 0 Å². The van der Waals surface area contributed by atoms with Crippen LogP contribution in [0.2, 0.25) is 0 Å². The van der Waals surface area contributed by atoms with E-state index in [2.05, 4.69) is 15.9 Å². The predicted molar refractivity (Wildman–Crippen MR) is 68.6 cm³/mol. The first-order chi connectivity index (χ1) is 8.20. The van der Waals surface area contributed by atoms with Crippen molar-refractivity contribution in [3.05, 3.63) is 28.2 Å². The van der Waals surface area contributed by atoms with Crippen molar-refractivity contribution in [3.8, 4) is 5.75 Å². The third kappa shape index (κ3) is 3.54. The lowest BCUT2D eigenvalue weighted by Crippen LogP contribution is -2.10. The molecule has 0 bridgehead atoms. The molecule has 0 saturated heterocycles. The molecule has 0 unspecified atom stereocenters. The molecule has 4 heteroatoms. The van der Waals surface area contributed by atoms with E-state index >= 15 is 0 Å². The number of rotatable bonds is 6. The number of ketones is 1. The number of methoxy groups -OCH3 is 1.